The van der Waals surface area contributed by atoms with E-state index in [1.165, 1.54) is 38.5 Å². The minimum absolute atomic E-state index is 0.211. The average molecular weight is 277 g/mol. The zero-order chi connectivity index (χ0) is 14.0. The molecule has 0 aliphatic heterocycles. The summed E-state index contributed by atoms with van der Waals surface area (Å²) in [6, 6.07) is 0. The molecule has 0 aromatic carbocycles. The molecule has 2 rings (SSSR count). The summed E-state index contributed by atoms with van der Waals surface area (Å²) in [5.41, 5.74) is 1.07. The summed E-state index contributed by atoms with van der Waals surface area (Å²) >= 11 is 0. The predicted octanol–water partition coefficient (Wildman–Crippen LogP) is 3.21. The lowest BCUT2D eigenvalue weighted by Gasteiger charge is -2.21. The van der Waals surface area contributed by atoms with Crippen molar-refractivity contribution in [2.75, 3.05) is 6.54 Å². The molecule has 0 bridgehead atoms. The van der Waals surface area contributed by atoms with Gasteiger partial charge in [-0.1, -0.05) is 32.1 Å². The van der Waals surface area contributed by atoms with Crippen molar-refractivity contribution in [3.63, 3.8) is 0 Å². The molecule has 20 heavy (non-hydrogen) atoms. The lowest BCUT2D eigenvalue weighted by Crippen LogP contribution is -2.24. The molecule has 1 fully saturated rings. The predicted molar refractivity (Wildman–Crippen MR) is 80.3 cm³/mol. The highest BCUT2D eigenvalue weighted by atomic mass is 16.1. The number of aromatic nitrogens is 2. The van der Waals surface area contributed by atoms with Crippen molar-refractivity contribution in [2.24, 2.45) is 5.92 Å². The Morgan fingerprint density at radius 2 is 2.15 bits per heavy atom. The molecular weight excluding hydrogens is 250 g/mol. The van der Waals surface area contributed by atoms with Gasteiger partial charge >= 0.3 is 0 Å². The second-order valence-corrected chi connectivity index (χ2v) is 5.91. The van der Waals surface area contributed by atoms with E-state index >= 15 is 0 Å². The van der Waals surface area contributed by atoms with Gasteiger partial charge in [-0.15, -0.1) is 0 Å². The molecule has 4 heteroatoms. The quantitative estimate of drug-likeness (QED) is 0.717. The summed E-state index contributed by atoms with van der Waals surface area (Å²) in [4.78, 5) is 18.8. The highest BCUT2D eigenvalue weighted by Gasteiger charge is 2.13. The minimum atomic E-state index is 0.211. The summed E-state index contributed by atoms with van der Waals surface area (Å²) < 4.78 is 0. The van der Waals surface area contributed by atoms with Crippen LogP contribution in [0.2, 0.25) is 0 Å². The fourth-order valence-electron chi connectivity index (χ4n) is 3.04. The van der Waals surface area contributed by atoms with Crippen LogP contribution in [0.15, 0.2) is 12.5 Å². The van der Waals surface area contributed by atoms with Gasteiger partial charge in [0, 0.05) is 19.2 Å². The fourth-order valence-corrected chi connectivity index (χ4v) is 3.04. The highest BCUT2D eigenvalue weighted by molar-refractivity contribution is 5.75. The van der Waals surface area contributed by atoms with Crippen LogP contribution in [0.25, 0.3) is 0 Å². The topological polar surface area (TPSA) is 57.8 Å². The largest absolute Gasteiger partial charge is 0.356 e. The van der Waals surface area contributed by atoms with Crippen LogP contribution in [0, 0.1) is 5.92 Å². The molecule has 1 aromatic heterocycles. The Labute approximate surface area is 121 Å². The van der Waals surface area contributed by atoms with E-state index in [1.807, 2.05) is 6.20 Å². The number of nitrogens with one attached hydrogen (secondary N) is 2. The zero-order valence-corrected chi connectivity index (χ0v) is 12.4. The number of hydrogen-bond donors (Lipinski definition) is 2. The molecule has 1 saturated carbocycles. The van der Waals surface area contributed by atoms with Crippen molar-refractivity contribution in [3.05, 3.63) is 18.2 Å². The number of H-pyrrole nitrogens is 1. The average Bonchev–Trinajstić information content (AvgIpc) is 2.98. The number of amides is 1. The molecule has 0 saturated heterocycles. The SMILES string of the molecule is O=C(CCCC1CCCCC1)NCCCc1c[nH]cn1. The maximum atomic E-state index is 11.7. The fraction of sp³-hybridized carbons (Fsp3) is 0.750. The van der Waals surface area contributed by atoms with Gasteiger partial charge < -0.3 is 10.3 Å². The monoisotopic (exact) mass is 277 g/mol. The van der Waals surface area contributed by atoms with Crippen molar-refractivity contribution in [2.45, 2.75) is 64.2 Å². The number of aromatic amines is 1. The van der Waals surface area contributed by atoms with Gasteiger partial charge in [-0.25, -0.2) is 4.98 Å². The molecule has 1 amide bonds. The number of nitrogens with zero attached hydrogens (tertiary/aromatic N) is 1. The maximum Gasteiger partial charge on any atom is 0.219 e. The van der Waals surface area contributed by atoms with Gasteiger partial charge in [-0.3, -0.25) is 4.79 Å². The van der Waals surface area contributed by atoms with E-state index in [1.54, 1.807) is 6.33 Å². The Kier molecular flexibility index (Phi) is 6.61. The molecule has 112 valence electrons. The van der Waals surface area contributed by atoms with E-state index in [0.29, 0.717) is 6.42 Å². The molecular formula is C16H27N3O. The van der Waals surface area contributed by atoms with E-state index in [-0.39, 0.29) is 5.91 Å². The van der Waals surface area contributed by atoms with Crippen molar-refractivity contribution >= 4 is 5.91 Å². The molecule has 1 aromatic rings. The highest BCUT2D eigenvalue weighted by Crippen LogP contribution is 2.27. The van der Waals surface area contributed by atoms with Crippen LogP contribution >= 0.6 is 0 Å². The third-order valence-corrected chi connectivity index (χ3v) is 4.23. The Hall–Kier alpha value is -1.32. The third-order valence-electron chi connectivity index (χ3n) is 4.23. The van der Waals surface area contributed by atoms with E-state index < -0.39 is 0 Å². The van der Waals surface area contributed by atoms with Gasteiger partial charge in [0.2, 0.25) is 5.91 Å². The number of aryl methyl sites for hydroxylation is 1. The van der Waals surface area contributed by atoms with Crippen LogP contribution in [-0.2, 0) is 11.2 Å². The van der Waals surface area contributed by atoms with Crippen LogP contribution < -0.4 is 5.32 Å². The number of carbonyl (C=O) groups excluding carboxylic acids is 1. The molecule has 0 atom stereocenters. The van der Waals surface area contributed by atoms with Crippen molar-refractivity contribution in [3.8, 4) is 0 Å². The van der Waals surface area contributed by atoms with Crippen LogP contribution in [0.5, 0.6) is 0 Å². The van der Waals surface area contributed by atoms with Crippen LogP contribution in [0.1, 0.15) is 63.5 Å². The van der Waals surface area contributed by atoms with E-state index in [2.05, 4.69) is 15.3 Å². The standard InChI is InChI=1S/C16H27N3O/c20-16(10-4-8-14-6-2-1-3-7-14)18-11-5-9-15-12-17-13-19-15/h12-14H,1-11H2,(H,17,19)(H,18,20). The Morgan fingerprint density at radius 1 is 1.30 bits per heavy atom. The summed E-state index contributed by atoms with van der Waals surface area (Å²) in [5.74, 6) is 1.10. The number of imidazole rings is 1. The molecule has 0 radical (unpaired) electrons. The first kappa shape index (κ1) is 15.1. The lowest BCUT2D eigenvalue weighted by molar-refractivity contribution is -0.121. The molecule has 1 heterocycles. The Balaban J connectivity index is 1.45. The number of rotatable bonds is 8. The second kappa shape index (κ2) is 8.77. The Morgan fingerprint density at radius 3 is 2.90 bits per heavy atom. The van der Waals surface area contributed by atoms with Gasteiger partial charge in [0.05, 0.1) is 12.0 Å². The van der Waals surface area contributed by atoms with E-state index in [4.69, 9.17) is 0 Å². The van der Waals surface area contributed by atoms with Crippen LogP contribution in [0.4, 0.5) is 0 Å². The van der Waals surface area contributed by atoms with Crippen LogP contribution in [0.3, 0.4) is 0 Å². The first-order chi connectivity index (χ1) is 9.84. The van der Waals surface area contributed by atoms with Gasteiger partial charge in [0.25, 0.3) is 0 Å². The third kappa shape index (κ3) is 5.76. The molecule has 4 nitrogen and oxygen atoms in total. The molecule has 0 unspecified atom stereocenters. The Bertz CT molecular complexity index is 369. The van der Waals surface area contributed by atoms with Crippen molar-refractivity contribution < 1.29 is 4.79 Å². The van der Waals surface area contributed by atoms with Gasteiger partial charge in [0.15, 0.2) is 0 Å². The number of hydrogen-bond acceptors (Lipinski definition) is 2. The number of carbonyl (C=O) groups is 1. The lowest BCUT2D eigenvalue weighted by atomic mass is 9.86. The van der Waals surface area contributed by atoms with E-state index in [9.17, 15) is 4.79 Å². The first-order valence-electron chi connectivity index (χ1n) is 8.09. The van der Waals surface area contributed by atoms with Gasteiger partial charge in [-0.2, -0.15) is 0 Å². The van der Waals surface area contributed by atoms with Gasteiger partial charge in [0.1, 0.15) is 0 Å². The second-order valence-electron chi connectivity index (χ2n) is 5.91. The maximum absolute atomic E-state index is 11.7. The molecule has 1 aliphatic carbocycles. The summed E-state index contributed by atoms with van der Waals surface area (Å²) in [7, 11) is 0. The summed E-state index contributed by atoms with van der Waals surface area (Å²) in [5, 5.41) is 3.01. The molecule has 2 N–H and O–H groups in total. The summed E-state index contributed by atoms with van der Waals surface area (Å²) in [6.07, 6.45) is 15.4. The molecule has 0 spiro atoms. The van der Waals surface area contributed by atoms with Crippen LogP contribution in [-0.4, -0.2) is 22.4 Å². The van der Waals surface area contributed by atoms with Gasteiger partial charge in [-0.05, 0) is 31.6 Å². The minimum Gasteiger partial charge on any atom is -0.356 e. The van der Waals surface area contributed by atoms with Crippen molar-refractivity contribution in [1.82, 2.24) is 15.3 Å². The first-order valence-corrected chi connectivity index (χ1v) is 8.09. The van der Waals surface area contributed by atoms with E-state index in [0.717, 1.165) is 37.4 Å². The molecule has 1 aliphatic rings. The summed E-state index contributed by atoms with van der Waals surface area (Å²) in [6.45, 7) is 0.759. The smallest absolute Gasteiger partial charge is 0.219 e. The van der Waals surface area contributed by atoms with Crippen molar-refractivity contribution in [1.29, 1.82) is 0 Å². The normalized spacial score (nSPS) is 16.2. The zero-order valence-electron chi connectivity index (χ0n) is 12.4.